The molecule has 1 aromatic carbocycles. The summed E-state index contributed by atoms with van der Waals surface area (Å²) >= 11 is 0. The number of nitrogens with one attached hydrogen (secondary N) is 1. The average molecular weight is 361 g/mol. The summed E-state index contributed by atoms with van der Waals surface area (Å²) < 4.78 is 0. The summed E-state index contributed by atoms with van der Waals surface area (Å²) in [5.74, 6) is 0.613. The number of piperidine rings is 1. The Labute approximate surface area is 159 Å². The second-order valence-electron chi connectivity index (χ2n) is 8.06. The number of carbonyl (C=O) groups excluding carboxylic acids is 1. The molecular weight excluding hydrogens is 324 g/mol. The number of rotatable bonds is 8. The first-order valence-corrected chi connectivity index (χ1v) is 10.3. The van der Waals surface area contributed by atoms with Crippen molar-refractivity contribution in [2.45, 2.75) is 71.6 Å². The number of nitrogens with zero attached hydrogens (tertiary/aromatic N) is 1. The highest BCUT2D eigenvalue weighted by Gasteiger charge is 2.38. The zero-order chi connectivity index (χ0) is 19.2. The minimum atomic E-state index is -0.0796. The van der Waals surface area contributed by atoms with Crippen LogP contribution in [0.2, 0.25) is 0 Å². The zero-order valence-corrected chi connectivity index (χ0v) is 17.0. The van der Waals surface area contributed by atoms with Gasteiger partial charge in [-0.2, -0.15) is 0 Å². The van der Waals surface area contributed by atoms with E-state index in [0.717, 1.165) is 19.5 Å². The van der Waals surface area contributed by atoms with Gasteiger partial charge >= 0.3 is 0 Å². The van der Waals surface area contributed by atoms with Crippen LogP contribution in [0.1, 0.15) is 71.8 Å². The fourth-order valence-electron chi connectivity index (χ4n) is 3.94. The highest BCUT2D eigenvalue weighted by Crippen LogP contribution is 2.41. The van der Waals surface area contributed by atoms with Crippen LogP contribution in [-0.2, 0) is 10.2 Å². The number of phenolic OH excluding ortho intramolecular Hbond substituents is 1. The summed E-state index contributed by atoms with van der Waals surface area (Å²) in [5.41, 5.74) is 1.73. The van der Waals surface area contributed by atoms with Crippen molar-refractivity contribution in [1.82, 2.24) is 4.90 Å². The lowest BCUT2D eigenvalue weighted by Gasteiger charge is -2.45. The van der Waals surface area contributed by atoms with E-state index in [2.05, 4.69) is 37.1 Å². The van der Waals surface area contributed by atoms with E-state index >= 15 is 0 Å². The molecular formula is C22H36N2O2. The molecule has 2 rings (SSSR count). The highest BCUT2D eigenvalue weighted by atomic mass is 16.3. The van der Waals surface area contributed by atoms with E-state index < -0.39 is 0 Å². The number of amides is 1. The highest BCUT2D eigenvalue weighted by molar-refractivity contribution is 5.92. The second kappa shape index (κ2) is 9.40. The van der Waals surface area contributed by atoms with Gasteiger partial charge in [0.2, 0.25) is 5.91 Å². The van der Waals surface area contributed by atoms with Gasteiger partial charge < -0.3 is 15.3 Å². The third-order valence-electron chi connectivity index (χ3n) is 6.15. The van der Waals surface area contributed by atoms with Crippen molar-refractivity contribution in [2.75, 3.05) is 25.0 Å². The van der Waals surface area contributed by atoms with Crippen LogP contribution in [-0.4, -0.2) is 35.5 Å². The number of hydrogen-bond acceptors (Lipinski definition) is 3. The summed E-state index contributed by atoms with van der Waals surface area (Å²) in [7, 11) is 0. The lowest BCUT2D eigenvalue weighted by atomic mass is 9.68. The Morgan fingerprint density at radius 1 is 1.31 bits per heavy atom. The summed E-state index contributed by atoms with van der Waals surface area (Å²) in [6.07, 6.45) is 6.75. The van der Waals surface area contributed by atoms with Crippen molar-refractivity contribution in [2.24, 2.45) is 5.92 Å². The molecule has 1 fully saturated rings. The smallest absolute Gasteiger partial charge is 0.224 e. The number of unbranched alkanes of at least 4 members (excludes halogenated alkanes) is 3. The fourth-order valence-corrected chi connectivity index (χ4v) is 3.94. The van der Waals surface area contributed by atoms with E-state index in [4.69, 9.17) is 0 Å². The molecule has 1 heterocycles. The van der Waals surface area contributed by atoms with Gasteiger partial charge in [-0.25, -0.2) is 0 Å². The maximum absolute atomic E-state index is 11.6. The standard InChI is InChI=1S/C22H36N2O2/c1-5-7-8-9-13-24-14-12-22(4,17(3)16-24)18-10-11-19(20(25)15-18)23-21(26)6-2/h10-11,15,17,25H,5-9,12-14,16H2,1-4H3,(H,23,26). The van der Waals surface area contributed by atoms with Gasteiger partial charge in [0.05, 0.1) is 5.69 Å². The number of phenols is 1. The number of hydrogen-bond donors (Lipinski definition) is 2. The average Bonchev–Trinajstić information content (AvgIpc) is 2.63. The minimum absolute atomic E-state index is 0.0602. The van der Waals surface area contributed by atoms with Crippen molar-refractivity contribution < 1.29 is 9.90 Å². The lowest BCUT2D eigenvalue weighted by molar-refractivity contribution is -0.115. The van der Waals surface area contributed by atoms with Gasteiger partial charge in [-0.05, 0) is 55.0 Å². The van der Waals surface area contributed by atoms with Gasteiger partial charge in [-0.3, -0.25) is 4.79 Å². The van der Waals surface area contributed by atoms with Crippen LogP contribution in [0.3, 0.4) is 0 Å². The second-order valence-corrected chi connectivity index (χ2v) is 8.06. The summed E-state index contributed by atoms with van der Waals surface area (Å²) in [5, 5.41) is 13.1. The Balaban J connectivity index is 2.01. The molecule has 0 bridgehead atoms. The van der Waals surface area contributed by atoms with Gasteiger partial charge in [0.15, 0.2) is 0 Å². The summed E-state index contributed by atoms with van der Waals surface area (Å²) in [4.78, 5) is 14.2. The largest absolute Gasteiger partial charge is 0.506 e. The lowest BCUT2D eigenvalue weighted by Crippen LogP contribution is -2.47. The van der Waals surface area contributed by atoms with E-state index in [0.29, 0.717) is 18.0 Å². The molecule has 26 heavy (non-hydrogen) atoms. The Bertz CT molecular complexity index is 602. The molecule has 1 aromatic rings. The molecule has 0 saturated carbocycles. The van der Waals surface area contributed by atoms with Crippen LogP contribution < -0.4 is 5.32 Å². The molecule has 0 aliphatic carbocycles. The van der Waals surface area contributed by atoms with Crippen LogP contribution in [0.25, 0.3) is 0 Å². The van der Waals surface area contributed by atoms with Gasteiger partial charge in [-0.1, -0.05) is 53.0 Å². The van der Waals surface area contributed by atoms with Crippen LogP contribution in [0.4, 0.5) is 5.69 Å². The van der Waals surface area contributed by atoms with Gasteiger partial charge in [0.1, 0.15) is 5.75 Å². The third kappa shape index (κ3) is 5.00. The molecule has 1 aliphatic rings. The zero-order valence-electron chi connectivity index (χ0n) is 17.0. The van der Waals surface area contributed by atoms with Crippen LogP contribution in [0, 0.1) is 5.92 Å². The summed E-state index contributed by atoms with van der Waals surface area (Å²) in [6, 6.07) is 5.75. The van der Waals surface area contributed by atoms with Crippen molar-refractivity contribution in [3.8, 4) is 5.75 Å². The molecule has 2 atom stereocenters. The normalized spacial score (nSPS) is 23.8. The van der Waals surface area contributed by atoms with Crippen molar-refractivity contribution in [3.05, 3.63) is 23.8 Å². The van der Waals surface area contributed by atoms with Crippen LogP contribution in [0.5, 0.6) is 5.75 Å². The first-order valence-electron chi connectivity index (χ1n) is 10.3. The molecule has 146 valence electrons. The van der Waals surface area contributed by atoms with E-state index in [-0.39, 0.29) is 17.1 Å². The molecule has 0 radical (unpaired) electrons. The Kier molecular flexibility index (Phi) is 7.51. The maximum atomic E-state index is 11.6. The SMILES string of the molecule is CCCCCCN1CCC(C)(c2ccc(NC(=O)CC)c(O)c2)C(C)C1. The first kappa shape index (κ1) is 20.8. The monoisotopic (exact) mass is 360 g/mol. The van der Waals surface area contributed by atoms with Crippen molar-refractivity contribution >= 4 is 11.6 Å². The molecule has 2 N–H and O–H groups in total. The topological polar surface area (TPSA) is 52.6 Å². The predicted molar refractivity (Wildman–Crippen MR) is 109 cm³/mol. The Morgan fingerprint density at radius 2 is 2.08 bits per heavy atom. The number of carbonyl (C=O) groups is 1. The molecule has 1 saturated heterocycles. The fraction of sp³-hybridized carbons (Fsp3) is 0.682. The minimum Gasteiger partial charge on any atom is -0.506 e. The number of anilines is 1. The van der Waals surface area contributed by atoms with Gasteiger partial charge in [0.25, 0.3) is 0 Å². The summed E-state index contributed by atoms with van der Waals surface area (Å²) in [6.45, 7) is 12.1. The predicted octanol–water partition coefficient (Wildman–Crippen LogP) is 4.92. The van der Waals surface area contributed by atoms with Crippen LogP contribution in [0.15, 0.2) is 18.2 Å². The molecule has 0 spiro atoms. The Morgan fingerprint density at radius 3 is 2.69 bits per heavy atom. The van der Waals surface area contributed by atoms with Gasteiger partial charge in [-0.15, -0.1) is 0 Å². The molecule has 4 heteroatoms. The van der Waals surface area contributed by atoms with E-state index in [1.54, 1.807) is 6.92 Å². The van der Waals surface area contributed by atoms with Crippen molar-refractivity contribution in [1.29, 1.82) is 0 Å². The maximum Gasteiger partial charge on any atom is 0.224 e. The number of likely N-dealkylation sites (tertiary alicyclic amines) is 1. The quantitative estimate of drug-likeness (QED) is 0.511. The van der Waals surface area contributed by atoms with E-state index in [1.165, 1.54) is 37.8 Å². The number of aromatic hydroxyl groups is 1. The molecule has 4 nitrogen and oxygen atoms in total. The molecule has 1 aliphatic heterocycles. The van der Waals surface area contributed by atoms with E-state index in [1.807, 2.05) is 12.1 Å². The van der Waals surface area contributed by atoms with Crippen LogP contribution >= 0.6 is 0 Å². The molecule has 2 unspecified atom stereocenters. The molecule has 1 amide bonds. The Hall–Kier alpha value is -1.55. The number of benzene rings is 1. The first-order chi connectivity index (χ1) is 12.4. The van der Waals surface area contributed by atoms with Gasteiger partial charge in [0, 0.05) is 13.0 Å². The van der Waals surface area contributed by atoms with E-state index in [9.17, 15) is 9.90 Å². The molecule has 0 aromatic heterocycles. The van der Waals surface area contributed by atoms with Crippen molar-refractivity contribution in [3.63, 3.8) is 0 Å². The third-order valence-corrected chi connectivity index (χ3v) is 6.15.